The quantitative estimate of drug-likeness (QED) is 0.798. The van der Waals surface area contributed by atoms with Crippen LogP contribution in [0, 0.1) is 16.7 Å². The summed E-state index contributed by atoms with van der Waals surface area (Å²) in [5.41, 5.74) is 6.91. The van der Waals surface area contributed by atoms with Crippen molar-refractivity contribution >= 4 is 0 Å². The lowest BCUT2D eigenvalue weighted by atomic mass is 9.43. The molecule has 0 unspecified atom stereocenters. The zero-order chi connectivity index (χ0) is 11.4. The highest BCUT2D eigenvalue weighted by Crippen LogP contribution is 2.67. The minimum absolute atomic E-state index is 0.197. The number of hydrogen-bond donors (Lipinski definition) is 1. The van der Waals surface area contributed by atoms with E-state index < -0.39 is 0 Å². The molecule has 0 aliphatic heterocycles. The highest BCUT2D eigenvalue weighted by Gasteiger charge is 2.60. The first-order valence-electron chi connectivity index (χ1n) is 6.81. The molecule has 0 amide bonds. The number of rotatable bonds is 3. The minimum Gasteiger partial charge on any atom is -0.374 e. The molecule has 0 aromatic rings. The summed E-state index contributed by atoms with van der Waals surface area (Å²) in [5, 5.41) is 0. The molecule has 0 aromatic heterocycles. The molecule has 0 saturated heterocycles. The van der Waals surface area contributed by atoms with Crippen LogP contribution in [0.3, 0.4) is 0 Å². The Hall–Kier alpha value is -0.0800. The Morgan fingerprint density at radius 2 is 1.69 bits per heavy atom. The fourth-order valence-corrected chi connectivity index (χ4v) is 5.78. The molecular weight excluding hydrogens is 198 g/mol. The predicted octanol–water partition coefficient (Wildman–Crippen LogP) is 2.71. The molecule has 2 heteroatoms. The second kappa shape index (κ2) is 3.23. The summed E-state index contributed by atoms with van der Waals surface area (Å²) in [6.07, 6.45) is 8.17. The average molecular weight is 223 g/mol. The average Bonchev–Trinajstić information content (AvgIpc) is 2.08. The van der Waals surface area contributed by atoms with Crippen LogP contribution in [0.1, 0.15) is 52.4 Å². The van der Waals surface area contributed by atoms with Crippen molar-refractivity contribution in [2.45, 2.75) is 58.0 Å². The van der Waals surface area contributed by atoms with Gasteiger partial charge in [0.05, 0.1) is 12.2 Å². The first-order valence-corrected chi connectivity index (χ1v) is 6.81. The maximum Gasteiger partial charge on any atom is 0.0696 e. The normalized spacial score (nSPS) is 54.6. The summed E-state index contributed by atoms with van der Waals surface area (Å²) >= 11 is 0. The third kappa shape index (κ3) is 1.62. The van der Waals surface area contributed by atoms with E-state index in [1.54, 1.807) is 0 Å². The largest absolute Gasteiger partial charge is 0.374 e. The van der Waals surface area contributed by atoms with E-state index in [1.165, 1.54) is 38.5 Å². The maximum atomic E-state index is 6.20. The summed E-state index contributed by atoms with van der Waals surface area (Å²) in [6, 6.07) is 0. The highest BCUT2D eigenvalue weighted by atomic mass is 16.5. The Bertz CT molecular complexity index is 283. The second-order valence-corrected chi connectivity index (χ2v) is 7.45. The van der Waals surface area contributed by atoms with Crippen molar-refractivity contribution in [1.82, 2.24) is 0 Å². The van der Waals surface area contributed by atoms with Crippen LogP contribution in [0.25, 0.3) is 0 Å². The van der Waals surface area contributed by atoms with Gasteiger partial charge < -0.3 is 10.5 Å². The van der Waals surface area contributed by atoms with E-state index in [4.69, 9.17) is 10.5 Å². The highest BCUT2D eigenvalue weighted by molar-refractivity contribution is 5.11. The zero-order valence-electron chi connectivity index (χ0n) is 10.7. The second-order valence-electron chi connectivity index (χ2n) is 7.45. The van der Waals surface area contributed by atoms with Crippen LogP contribution in [0.15, 0.2) is 0 Å². The summed E-state index contributed by atoms with van der Waals surface area (Å²) in [4.78, 5) is 0. The van der Waals surface area contributed by atoms with E-state index in [1.807, 2.05) is 0 Å². The lowest BCUT2D eigenvalue weighted by molar-refractivity contribution is -0.213. The van der Waals surface area contributed by atoms with Gasteiger partial charge in [0.1, 0.15) is 0 Å². The molecule has 0 radical (unpaired) electrons. The van der Waals surface area contributed by atoms with Crippen molar-refractivity contribution < 1.29 is 4.74 Å². The molecule has 2 N–H and O–H groups in total. The molecule has 92 valence electrons. The van der Waals surface area contributed by atoms with Crippen LogP contribution in [0.5, 0.6) is 0 Å². The predicted molar refractivity (Wildman–Crippen MR) is 65.1 cm³/mol. The van der Waals surface area contributed by atoms with Gasteiger partial charge in [0.2, 0.25) is 0 Å². The van der Waals surface area contributed by atoms with Crippen LogP contribution in [-0.4, -0.2) is 18.8 Å². The number of hydrogen-bond acceptors (Lipinski definition) is 2. The standard InChI is InChI=1S/C14H25NO/c1-12-5-11-6-13(2,8-12)10-14(7-11,9-12)16-4-3-15/h11H,3-10,15H2,1-2H3/t11?,12-,13-,14?/m1/s1. The molecule has 4 saturated carbocycles. The molecule has 2 nitrogen and oxygen atoms in total. The van der Waals surface area contributed by atoms with Crippen molar-refractivity contribution in [3.8, 4) is 0 Å². The summed E-state index contributed by atoms with van der Waals surface area (Å²) in [5.74, 6) is 0.920. The molecule has 4 aliphatic rings. The molecule has 16 heavy (non-hydrogen) atoms. The molecule has 4 fully saturated rings. The molecule has 0 spiro atoms. The monoisotopic (exact) mass is 223 g/mol. The molecule has 4 rings (SSSR count). The van der Waals surface area contributed by atoms with Gasteiger partial charge in [-0.25, -0.2) is 0 Å². The van der Waals surface area contributed by atoms with Crippen molar-refractivity contribution in [3.63, 3.8) is 0 Å². The van der Waals surface area contributed by atoms with Crippen molar-refractivity contribution in [3.05, 3.63) is 0 Å². The van der Waals surface area contributed by atoms with Crippen molar-refractivity contribution in [2.75, 3.05) is 13.2 Å². The SMILES string of the molecule is C[C@]12CC3CC(OCCN)(C1)C[C@](C)(C3)C2. The zero-order valence-corrected chi connectivity index (χ0v) is 10.7. The smallest absolute Gasteiger partial charge is 0.0696 e. The molecule has 0 heterocycles. The van der Waals surface area contributed by atoms with Crippen LogP contribution >= 0.6 is 0 Å². The number of nitrogens with two attached hydrogens (primary N) is 1. The van der Waals surface area contributed by atoms with E-state index in [0.29, 0.717) is 17.4 Å². The van der Waals surface area contributed by atoms with E-state index in [9.17, 15) is 0 Å². The van der Waals surface area contributed by atoms with E-state index in [-0.39, 0.29) is 5.60 Å². The number of ether oxygens (including phenoxy) is 1. The Kier molecular flexibility index (Phi) is 2.23. The van der Waals surface area contributed by atoms with Gasteiger partial charge in [-0.1, -0.05) is 13.8 Å². The first kappa shape index (κ1) is 11.0. The van der Waals surface area contributed by atoms with Crippen molar-refractivity contribution in [1.29, 1.82) is 0 Å². The molecular formula is C14H25NO. The van der Waals surface area contributed by atoms with E-state index in [0.717, 1.165) is 12.5 Å². The van der Waals surface area contributed by atoms with Gasteiger partial charge in [0.25, 0.3) is 0 Å². The van der Waals surface area contributed by atoms with Crippen LogP contribution in [0.2, 0.25) is 0 Å². The Balaban J connectivity index is 1.86. The third-order valence-corrected chi connectivity index (χ3v) is 5.10. The molecule has 4 aliphatic carbocycles. The van der Waals surface area contributed by atoms with Gasteiger partial charge in [-0.15, -0.1) is 0 Å². The van der Waals surface area contributed by atoms with Crippen LogP contribution in [-0.2, 0) is 4.74 Å². The summed E-state index contributed by atoms with van der Waals surface area (Å²) in [7, 11) is 0. The van der Waals surface area contributed by atoms with Gasteiger partial charge >= 0.3 is 0 Å². The topological polar surface area (TPSA) is 35.2 Å². The van der Waals surface area contributed by atoms with E-state index in [2.05, 4.69) is 13.8 Å². The Labute approximate surface area is 98.9 Å². The van der Waals surface area contributed by atoms with Gasteiger partial charge in [-0.2, -0.15) is 0 Å². The fourth-order valence-electron chi connectivity index (χ4n) is 5.78. The Morgan fingerprint density at radius 3 is 2.19 bits per heavy atom. The minimum atomic E-state index is 0.197. The maximum absolute atomic E-state index is 6.20. The summed E-state index contributed by atoms with van der Waals surface area (Å²) < 4.78 is 6.20. The Morgan fingerprint density at radius 1 is 1.06 bits per heavy atom. The molecule has 0 aromatic carbocycles. The van der Waals surface area contributed by atoms with Gasteiger partial charge in [-0.3, -0.25) is 0 Å². The van der Waals surface area contributed by atoms with Gasteiger partial charge in [-0.05, 0) is 55.3 Å². The first-order chi connectivity index (χ1) is 7.47. The van der Waals surface area contributed by atoms with Gasteiger partial charge in [0, 0.05) is 6.54 Å². The fraction of sp³-hybridized carbons (Fsp3) is 1.00. The molecule has 2 atom stereocenters. The molecule has 4 bridgehead atoms. The van der Waals surface area contributed by atoms with Crippen LogP contribution < -0.4 is 5.73 Å². The van der Waals surface area contributed by atoms with E-state index >= 15 is 0 Å². The third-order valence-electron chi connectivity index (χ3n) is 5.10. The van der Waals surface area contributed by atoms with Crippen molar-refractivity contribution in [2.24, 2.45) is 22.5 Å². The lowest BCUT2D eigenvalue weighted by Gasteiger charge is -2.65. The van der Waals surface area contributed by atoms with Gasteiger partial charge in [0.15, 0.2) is 0 Å². The lowest BCUT2D eigenvalue weighted by Crippen LogP contribution is -2.59. The van der Waals surface area contributed by atoms with Crippen LogP contribution in [0.4, 0.5) is 0 Å². The summed E-state index contributed by atoms with van der Waals surface area (Å²) in [6.45, 7) is 6.38.